The van der Waals surface area contributed by atoms with Gasteiger partial charge in [0.25, 0.3) is 10.0 Å². The van der Waals surface area contributed by atoms with Gasteiger partial charge in [-0.2, -0.15) is 0 Å². The average Bonchev–Trinajstić information content (AvgIpc) is 2.74. The van der Waals surface area contributed by atoms with E-state index in [-0.39, 0.29) is 16.1 Å². The van der Waals surface area contributed by atoms with Gasteiger partial charge >= 0.3 is 0 Å². The van der Waals surface area contributed by atoms with E-state index in [1.165, 1.54) is 55.8 Å². The molecule has 3 aromatic rings. The molecule has 0 heterocycles. The Kier molecular flexibility index (Phi) is 6.50. The SMILES string of the molecule is COc1ccc(OC)c(C(C)N(c2ccc(F)cc2)S(=O)(=O)c2ccc(F)cc2C)c1. The van der Waals surface area contributed by atoms with E-state index in [0.29, 0.717) is 17.1 Å². The maximum Gasteiger partial charge on any atom is 0.265 e. The highest BCUT2D eigenvalue weighted by Crippen LogP contribution is 2.39. The maximum atomic E-state index is 13.8. The molecule has 3 aromatic carbocycles. The Balaban J connectivity index is 2.24. The summed E-state index contributed by atoms with van der Waals surface area (Å²) in [4.78, 5) is -0.0491. The lowest BCUT2D eigenvalue weighted by molar-refractivity contribution is 0.396. The molecule has 8 heteroatoms. The van der Waals surface area contributed by atoms with Gasteiger partial charge in [0, 0.05) is 5.56 Å². The van der Waals surface area contributed by atoms with E-state index in [2.05, 4.69) is 0 Å². The van der Waals surface area contributed by atoms with Crippen LogP contribution < -0.4 is 13.8 Å². The standard InChI is InChI=1S/C23H23F2NO4S/c1-15-13-18(25)7-12-23(15)31(27,28)26(19-8-5-17(24)6-9-19)16(2)21-14-20(29-3)10-11-22(21)30-4/h5-14,16H,1-4H3. The Labute approximate surface area is 180 Å². The number of anilines is 1. The summed E-state index contributed by atoms with van der Waals surface area (Å²) in [6.07, 6.45) is 0. The lowest BCUT2D eigenvalue weighted by Gasteiger charge is -2.32. The zero-order valence-corrected chi connectivity index (χ0v) is 18.4. The van der Waals surface area contributed by atoms with Crippen molar-refractivity contribution in [1.82, 2.24) is 0 Å². The minimum absolute atomic E-state index is 0.0491. The smallest absolute Gasteiger partial charge is 0.265 e. The number of benzene rings is 3. The van der Waals surface area contributed by atoms with Gasteiger partial charge in [0.15, 0.2) is 0 Å². The van der Waals surface area contributed by atoms with Crippen LogP contribution in [0.2, 0.25) is 0 Å². The largest absolute Gasteiger partial charge is 0.497 e. The third kappa shape index (κ3) is 4.49. The van der Waals surface area contributed by atoms with E-state index in [1.807, 2.05) is 0 Å². The van der Waals surface area contributed by atoms with Crippen molar-refractivity contribution in [2.24, 2.45) is 0 Å². The first-order valence-electron chi connectivity index (χ1n) is 9.47. The number of methoxy groups -OCH3 is 2. The van der Waals surface area contributed by atoms with Crippen LogP contribution in [0.4, 0.5) is 14.5 Å². The highest BCUT2D eigenvalue weighted by molar-refractivity contribution is 7.92. The summed E-state index contributed by atoms with van der Waals surface area (Å²) in [5.74, 6) is -0.0403. The van der Waals surface area contributed by atoms with E-state index in [0.717, 1.165) is 12.1 Å². The number of sulfonamides is 1. The Bertz CT molecular complexity index is 1180. The zero-order valence-electron chi connectivity index (χ0n) is 17.6. The van der Waals surface area contributed by atoms with Crippen molar-refractivity contribution in [3.8, 4) is 11.5 Å². The van der Waals surface area contributed by atoms with Crippen LogP contribution in [0, 0.1) is 18.6 Å². The summed E-state index contributed by atoms with van der Waals surface area (Å²) in [7, 11) is -1.17. The number of hydrogen-bond donors (Lipinski definition) is 0. The first-order valence-corrected chi connectivity index (χ1v) is 10.9. The lowest BCUT2D eigenvalue weighted by Crippen LogP contribution is -2.34. The number of ether oxygens (including phenoxy) is 2. The van der Waals surface area contributed by atoms with Crippen LogP contribution >= 0.6 is 0 Å². The van der Waals surface area contributed by atoms with Crippen LogP contribution in [0.25, 0.3) is 0 Å². The topological polar surface area (TPSA) is 55.8 Å². The van der Waals surface area contributed by atoms with Crippen molar-refractivity contribution < 1.29 is 26.7 Å². The predicted molar refractivity (Wildman–Crippen MR) is 115 cm³/mol. The number of aryl methyl sites for hydroxylation is 1. The minimum Gasteiger partial charge on any atom is -0.497 e. The molecule has 0 bridgehead atoms. The van der Waals surface area contributed by atoms with E-state index in [1.54, 1.807) is 25.1 Å². The highest BCUT2D eigenvalue weighted by atomic mass is 32.2. The van der Waals surface area contributed by atoms with Crippen LogP contribution in [0.5, 0.6) is 11.5 Å². The molecule has 0 aliphatic rings. The van der Waals surface area contributed by atoms with Crippen LogP contribution in [0.1, 0.15) is 24.1 Å². The van der Waals surface area contributed by atoms with Crippen LogP contribution in [-0.4, -0.2) is 22.6 Å². The Morgan fingerprint density at radius 1 is 0.871 bits per heavy atom. The van der Waals surface area contributed by atoms with Gasteiger partial charge in [-0.25, -0.2) is 17.2 Å². The number of rotatable bonds is 7. The highest BCUT2D eigenvalue weighted by Gasteiger charge is 2.33. The van der Waals surface area contributed by atoms with Crippen molar-refractivity contribution in [1.29, 1.82) is 0 Å². The Morgan fingerprint density at radius 3 is 2.10 bits per heavy atom. The molecule has 0 amide bonds. The van der Waals surface area contributed by atoms with Crippen LogP contribution in [0.3, 0.4) is 0 Å². The number of nitrogens with zero attached hydrogens (tertiary/aromatic N) is 1. The summed E-state index contributed by atoms with van der Waals surface area (Å²) >= 11 is 0. The van der Waals surface area contributed by atoms with Crippen LogP contribution in [0.15, 0.2) is 65.6 Å². The van der Waals surface area contributed by atoms with E-state index in [9.17, 15) is 17.2 Å². The van der Waals surface area contributed by atoms with Gasteiger partial charge in [-0.1, -0.05) is 0 Å². The fourth-order valence-corrected chi connectivity index (χ4v) is 5.31. The average molecular weight is 448 g/mol. The molecule has 1 atom stereocenters. The van der Waals surface area contributed by atoms with Gasteiger partial charge in [0.1, 0.15) is 23.1 Å². The number of halogens is 2. The fourth-order valence-electron chi connectivity index (χ4n) is 3.46. The molecule has 0 spiro atoms. The first-order chi connectivity index (χ1) is 14.7. The fraction of sp³-hybridized carbons (Fsp3) is 0.217. The molecule has 0 radical (unpaired) electrons. The molecule has 1 unspecified atom stereocenters. The second kappa shape index (κ2) is 8.93. The molecule has 0 fully saturated rings. The molecular weight excluding hydrogens is 424 g/mol. The molecule has 0 aromatic heterocycles. The number of hydrogen-bond acceptors (Lipinski definition) is 4. The predicted octanol–water partition coefficient (Wildman–Crippen LogP) is 5.25. The summed E-state index contributed by atoms with van der Waals surface area (Å²) in [6.45, 7) is 3.21. The molecule has 0 N–H and O–H groups in total. The summed E-state index contributed by atoms with van der Waals surface area (Å²) in [5.41, 5.74) is 1.06. The zero-order chi connectivity index (χ0) is 22.8. The third-order valence-corrected chi connectivity index (χ3v) is 7.05. The Hall–Kier alpha value is -3.13. The quantitative estimate of drug-likeness (QED) is 0.497. The summed E-state index contributed by atoms with van der Waals surface area (Å²) in [6, 6.07) is 12.9. The van der Waals surface area contributed by atoms with Crippen molar-refractivity contribution in [2.45, 2.75) is 24.8 Å². The van der Waals surface area contributed by atoms with Crippen molar-refractivity contribution in [3.05, 3.63) is 83.4 Å². The maximum absolute atomic E-state index is 13.8. The van der Waals surface area contributed by atoms with Crippen molar-refractivity contribution in [2.75, 3.05) is 18.5 Å². The first kappa shape index (κ1) is 22.6. The molecular formula is C23H23F2NO4S. The van der Waals surface area contributed by atoms with Crippen molar-refractivity contribution >= 4 is 15.7 Å². The van der Waals surface area contributed by atoms with Gasteiger partial charge in [-0.15, -0.1) is 0 Å². The monoisotopic (exact) mass is 447 g/mol. The van der Waals surface area contributed by atoms with Crippen LogP contribution in [-0.2, 0) is 10.0 Å². The van der Waals surface area contributed by atoms with Gasteiger partial charge in [-0.3, -0.25) is 4.31 Å². The van der Waals surface area contributed by atoms with Gasteiger partial charge in [0.2, 0.25) is 0 Å². The molecule has 0 aliphatic heterocycles. The minimum atomic E-state index is -4.16. The van der Waals surface area contributed by atoms with Gasteiger partial charge < -0.3 is 9.47 Å². The molecule has 0 saturated heterocycles. The Morgan fingerprint density at radius 2 is 1.52 bits per heavy atom. The summed E-state index contributed by atoms with van der Waals surface area (Å²) < 4.78 is 66.6. The second-order valence-electron chi connectivity index (χ2n) is 6.97. The summed E-state index contributed by atoms with van der Waals surface area (Å²) in [5, 5.41) is 0. The van der Waals surface area contributed by atoms with Gasteiger partial charge in [0.05, 0.1) is 30.8 Å². The lowest BCUT2D eigenvalue weighted by atomic mass is 10.1. The van der Waals surface area contributed by atoms with E-state index < -0.39 is 27.7 Å². The normalized spacial score (nSPS) is 12.3. The van der Waals surface area contributed by atoms with E-state index in [4.69, 9.17) is 9.47 Å². The van der Waals surface area contributed by atoms with Gasteiger partial charge in [-0.05, 0) is 80.1 Å². The molecule has 3 rings (SSSR count). The van der Waals surface area contributed by atoms with Crippen molar-refractivity contribution in [3.63, 3.8) is 0 Å². The second-order valence-corrected chi connectivity index (χ2v) is 8.75. The molecule has 164 valence electrons. The molecule has 31 heavy (non-hydrogen) atoms. The van der Waals surface area contributed by atoms with E-state index >= 15 is 0 Å². The molecule has 5 nitrogen and oxygen atoms in total. The molecule has 0 aliphatic carbocycles. The third-order valence-electron chi connectivity index (χ3n) is 4.99. The molecule has 0 saturated carbocycles.